The van der Waals surface area contributed by atoms with Crippen LogP contribution < -0.4 is 0 Å². The smallest absolute Gasteiger partial charge is 0.130 e. The van der Waals surface area contributed by atoms with Gasteiger partial charge >= 0.3 is 0 Å². The van der Waals surface area contributed by atoms with E-state index in [1.165, 1.54) is 72.9 Å². The third kappa shape index (κ3) is 14.3. The van der Waals surface area contributed by atoms with E-state index in [0.717, 1.165) is 133 Å². The molecule has 10 aliphatic rings. The molecular weight excluding hydrogens is 1170 g/mol. The molecular formula is C81H110F2O10. The van der Waals surface area contributed by atoms with Crippen molar-refractivity contribution < 1.29 is 59.8 Å². The summed E-state index contributed by atoms with van der Waals surface area (Å²) in [5.41, 5.74) is 7.26. The number of phenolic OH excluding ortho intramolecular Hbond substituents is 5. The highest BCUT2D eigenvalue weighted by Gasteiger charge is 2.53. The number of aliphatic hydroxyl groups excluding tert-OH is 5. The summed E-state index contributed by atoms with van der Waals surface area (Å²) in [6.45, 7) is 13.3. The Morgan fingerprint density at radius 1 is 0.290 bits per heavy atom. The Hall–Kier alpha value is -5.24. The van der Waals surface area contributed by atoms with E-state index in [4.69, 9.17) is 0 Å². The lowest BCUT2D eigenvalue weighted by atomic mass is 9.64. The van der Waals surface area contributed by atoms with Gasteiger partial charge in [0.15, 0.2) is 0 Å². The summed E-state index contributed by atoms with van der Waals surface area (Å²) >= 11 is 0. The molecule has 93 heavy (non-hydrogen) atoms. The van der Waals surface area contributed by atoms with Crippen molar-refractivity contribution in [1.29, 1.82) is 0 Å². The maximum Gasteiger partial charge on any atom is 0.130 e. The number of aromatic hydroxyl groups is 5. The van der Waals surface area contributed by atoms with Crippen molar-refractivity contribution in [3.63, 3.8) is 0 Å². The van der Waals surface area contributed by atoms with Gasteiger partial charge in [-0.1, -0.05) is 77.1 Å². The fourth-order valence-corrected chi connectivity index (χ4v) is 20.7. The van der Waals surface area contributed by atoms with Gasteiger partial charge in [0.1, 0.15) is 40.4 Å². The van der Waals surface area contributed by atoms with E-state index in [9.17, 15) is 59.8 Å². The predicted octanol–water partition coefficient (Wildman–Crippen LogP) is 17.8. The number of phenols is 5. The average molecular weight is 1280 g/mol. The van der Waals surface area contributed by atoms with Crippen LogP contribution in [0.4, 0.5) is 8.78 Å². The Labute approximate surface area is 553 Å². The van der Waals surface area contributed by atoms with Crippen LogP contribution in [-0.4, -0.2) is 81.6 Å². The number of hydrogen-bond donors (Lipinski definition) is 10. The molecule has 0 amide bonds. The second kappa shape index (κ2) is 28.1. The van der Waals surface area contributed by atoms with Crippen LogP contribution in [0, 0.1) is 75.2 Å². The zero-order valence-electron chi connectivity index (χ0n) is 56.4. The molecule has 10 fully saturated rings. The van der Waals surface area contributed by atoms with Gasteiger partial charge in [0, 0.05) is 12.1 Å². The lowest BCUT2D eigenvalue weighted by Crippen LogP contribution is -2.37. The molecule has 15 rings (SSSR count). The van der Waals surface area contributed by atoms with Crippen LogP contribution in [0.3, 0.4) is 0 Å². The number of aryl methyl sites for hydroxylation is 1. The summed E-state index contributed by atoms with van der Waals surface area (Å²) < 4.78 is 27.9. The van der Waals surface area contributed by atoms with Gasteiger partial charge in [-0.2, -0.15) is 0 Å². The second-order valence-corrected chi connectivity index (χ2v) is 32.5. The molecule has 10 saturated carbocycles. The summed E-state index contributed by atoms with van der Waals surface area (Å²) in [7, 11) is 0. The van der Waals surface area contributed by atoms with Crippen molar-refractivity contribution in [3.8, 4) is 28.7 Å². The summed E-state index contributed by atoms with van der Waals surface area (Å²) in [5.74, 6) is 5.67. The van der Waals surface area contributed by atoms with Crippen LogP contribution in [0.2, 0.25) is 0 Å². The maximum atomic E-state index is 13.9. The van der Waals surface area contributed by atoms with Crippen molar-refractivity contribution in [2.45, 2.75) is 262 Å². The monoisotopic (exact) mass is 1280 g/mol. The number of fused-ring (bicyclic) bond motifs is 5. The highest BCUT2D eigenvalue weighted by Crippen LogP contribution is 2.60. The summed E-state index contributed by atoms with van der Waals surface area (Å²) in [6, 6.07) is 30.1. The molecule has 10 N–H and O–H groups in total. The standard InChI is InChI=1S/C17H24O2.2C16H21FO2.2C16H22O2/c1-11-9-14(18)4-5-15(11)12-7-8-17(2)13(10-12)3-6-16(17)19;2*1-16-7-6-10(8-11(16)2-5-15(16)19)13-4-3-12(18)9-14(13)17;2*1-16-9-8-12(10-13(16)4-7-15(16)18)11-2-5-14(17)6-3-11/h4-5,9,12-13,16,18-19H,3,6-8,10H2,1-2H3;2*3-4,9-11,15,18-19H,2,5-8H2,1H3;2*2-3,5-6,12-13,15,17-18H,4,7-10H2,1H3/t12-,13-,16-,17-;10-,11+,15+,16+;10-,11-,15-,16-;12-,13+,15+,16+;12-,13-,15-,16-/m01010/s1. The van der Waals surface area contributed by atoms with Crippen LogP contribution in [0.5, 0.6) is 28.7 Å². The zero-order chi connectivity index (χ0) is 66.4. The van der Waals surface area contributed by atoms with E-state index in [1.807, 2.05) is 30.3 Å². The number of benzene rings is 5. The summed E-state index contributed by atoms with van der Waals surface area (Å²) in [6.07, 6.45) is 25.8. The lowest BCUT2D eigenvalue weighted by Gasteiger charge is -2.42. The fraction of sp³-hybridized carbons (Fsp3) is 0.630. The molecule has 10 nitrogen and oxygen atoms in total. The van der Waals surface area contributed by atoms with Gasteiger partial charge in [-0.25, -0.2) is 8.78 Å². The SMILES string of the molecule is C[C@]12CC[C@@H](c3ccc(O)cc3)C[C@@H]1CC[C@@H]2O.C[C@]12CC[C@@H](c3ccc(O)cc3F)C[C@@H]1CC[C@@H]2O.C[C@]12CC[C@H](c3ccc(O)cc3)C[C@@H]1CC[C@@H]2O.C[C@]12CC[C@H](c3ccc(O)cc3F)C[C@@H]1CC[C@@H]2O.Cc1cc(O)ccc1[C@H]1CC[C@@]2(C)[C@@H](CC[C@@H]2O)C1. The fourth-order valence-electron chi connectivity index (χ4n) is 20.7. The minimum atomic E-state index is -0.299. The molecule has 0 aliphatic heterocycles. The van der Waals surface area contributed by atoms with Crippen molar-refractivity contribution in [2.75, 3.05) is 0 Å². The summed E-state index contributed by atoms with van der Waals surface area (Å²) in [5, 5.41) is 97.5. The first-order valence-corrected chi connectivity index (χ1v) is 35.9. The Morgan fingerprint density at radius 3 is 0.806 bits per heavy atom. The molecule has 0 unspecified atom stereocenters. The van der Waals surface area contributed by atoms with E-state index in [0.29, 0.717) is 64.6 Å². The second-order valence-electron chi connectivity index (χ2n) is 32.5. The molecule has 0 radical (unpaired) electrons. The first-order valence-electron chi connectivity index (χ1n) is 35.9. The minimum Gasteiger partial charge on any atom is -0.508 e. The van der Waals surface area contributed by atoms with Crippen LogP contribution >= 0.6 is 0 Å². The number of hydrogen-bond acceptors (Lipinski definition) is 10. The average Bonchev–Trinajstić information content (AvgIpc) is 1.64. The van der Waals surface area contributed by atoms with E-state index < -0.39 is 0 Å². The van der Waals surface area contributed by atoms with Gasteiger partial charge in [0.25, 0.3) is 0 Å². The molecule has 5 aromatic rings. The first kappa shape index (κ1) is 69.1. The van der Waals surface area contributed by atoms with Gasteiger partial charge in [0.2, 0.25) is 0 Å². The van der Waals surface area contributed by atoms with Crippen molar-refractivity contribution in [3.05, 3.63) is 148 Å². The topological polar surface area (TPSA) is 202 Å². The number of rotatable bonds is 5. The molecule has 0 spiro atoms. The minimum absolute atomic E-state index is 0.0156. The van der Waals surface area contributed by atoms with E-state index in [-0.39, 0.29) is 92.6 Å². The van der Waals surface area contributed by atoms with Crippen molar-refractivity contribution >= 4 is 0 Å². The molecule has 0 bridgehead atoms. The van der Waals surface area contributed by atoms with E-state index >= 15 is 0 Å². The van der Waals surface area contributed by atoms with E-state index in [1.54, 1.807) is 54.6 Å². The quantitative estimate of drug-likeness (QED) is 0.0807. The molecule has 5 aromatic carbocycles. The van der Waals surface area contributed by atoms with Gasteiger partial charge in [-0.3, -0.25) is 0 Å². The molecule has 0 heterocycles. The third-order valence-corrected chi connectivity index (χ3v) is 27.7. The van der Waals surface area contributed by atoms with Crippen LogP contribution in [0.1, 0.15) is 258 Å². The van der Waals surface area contributed by atoms with Crippen molar-refractivity contribution in [2.24, 2.45) is 56.7 Å². The molecule has 20 atom stereocenters. The molecule has 10 aliphatic carbocycles. The van der Waals surface area contributed by atoms with Gasteiger partial charge in [-0.15, -0.1) is 0 Å². The molecule has 0 saturated heterocycles. The highest BCUT2D eigenvalue weighted by atomic mass is 19.1. The van der Waals surface area contributed by atoms with Gasteiger partial charge in [0.05, 0.1) is 30.5 Å². The zero-order valence-corrected chi connectivity index (χ0v) is 56.4. The molecule has 12 heteroatoms. The van der Waals surface area contributed by atoms with Crippen LogP contribution in [0.15, 0.2) is 103 Å². The lowest BCUT2D eigenvalue weighted by molar-refractivity contribution is 0.00837. The Kier molecular flexibility index (Phi) is 20.9. The molecule has 508 valence electrons. The van der Waals surface area contributed by atoms with Gasteiger partial charge in [-0.05, 0) is 336 Å². The third-order valence-electron chi connectivity index (χ3n) is 27.7. The van der Waals surface area contributed by atoms with Gasteiger partial charge < -0.3 is 51.1 Å². The van der Waals surface area contributed by atoms with Crippen molar-refractivity contribution in [1.82, 2.24) is 0 Å². The van der Waals surface area contributed by atoms with E-state index in [2.05, 4.69) is 47.6 Å². The largest absolute Gasteiger partial charge is 0.508 e. The maximum absolute atomic E-state index is 13.9. The molecule has 0 aromatic heterocycles. The number of aliphatic hydroxyl groups is 5. The number of halogens is 2. The Balaban J connectivity index is 0.000000119. The Morgan fingerprint density at radius 2 is 0.527 bits per heavy atom. The normalized spacial score (nSPS) is 38.7. The predicted molar refractivity (Wildman–Crippen MR) is 362 cm³/mol. The van der Waals surface area contributed by atoms with Crippen LogP contribution in [0.25, 0.3) is 0 Å². The Bertz CT molecular complexity index is 3030. The first-order chi connectivity index (χ1) is 44.2. The summed E-state index contributed by atoms with van der Waals surface area (Å²) in [4.78, 5) is 0. The highest BCUT2D eigenvalue weighted by molar-refractivity contribution is 5.38. The van der Waals surface area contributed by atoms with Crippen LogP contribution in [-0.2, 0) is 0 Å².